The van der Waals surface area contributed by atoms with E-state index in [4.69, 9.17) is 0 Å². The summed E-state index contributed by atoms with van der Waals surface area (Å²) >= 11 is 3.45. The zero-order chi connectivity index (χ0) is 11.7. The molecular formula is C13H10BrN3. The van der Waals surface area contributed by atoms with Gasteiger partial charge in [0.1, 0.15) is 0 Å². The number of benzene rings is 2. The van der Waals surface area contributed by atoms with Crippen LogP contribution in [0.3, 0.4) is 0 Å². The van der Waals surface area contributed by atoms with Gasteiger partial charge in [0.25, 0.3) is 0 Å². The fourth-order valence-electron chi connectivity index (χ4n) is 1.76. The number of para-hydroxylation sites is 1. The Kier molecular flexibility index (Phi) is 2.57. The maximum atomic E-state index is 4.27. The van der Waals surface area contributed by atoms with Crippen molar-refractivity contribution in [2.75, 3.05) is 5.32 Å². The van der Waals surface area contributed by atoms with Gasteiger partial charge in [-0.1, -0.05) is 34.1 Å². The Hall–Kier alpha value is -1.81. The fourth-order valence-corrected chi connectivity index (χ4v) is 2.16. The zero-order valence-corrected chi connectivity index (χ0v) is 10.5. The Morgan fingerprint density at radius 2 is 1.94 bits per heavy atom. The van der Waals surface area contributed by atoms with Crippen LogP contribution in [0.2, 0.25) is 0 Å². The van der Waals surface area contributed by atoms with Gasteiger partial charge < -0.3 is 5.32 Å². The summed E-state index contributed by atoms with van der Waals surface area (Å²) in [5.74, 6) is 0.846. The fraction of sp³-hybridized carbons (Fsp3) is 0. The molecule has 0 radical (unpaired) electrons. The van der Waals surface area contributed by atoms with Gasteiger partial charge in [0.15, 0.2) is 5.82 Å². The molecule has 0 unspecified atom stereocenters. The van der Waals surface area contributed by atoms with Crippen LogP contribution in [-0.4, -0.2) is 10.2 Å². The second-order valence-electron chi connectivity index (χ2n) is 3.75. The van der Waals surface area contributed by atoms with E-state index in [1.807, 2.05) is 48.5 Å². The molecule has 0 aliphatic heterocycles. The van der Waals surface area contributed by atoms with Gasteiger partial charge in [-0.05, 0) is 30.3 Å². The van der Waals surface area contributed by atoms with Crippen molar-refractivity contribution in [1.29, 1.82) is 0 Å². The number of nitrogens with one attached hydrogen (secondary N) is 2. The highest BCUT2D eigenvalue weighted by molar-refractivity contribution is 9.10. The van der Waals surface area contributed by atoms with Gasteiger partial charge in [-0.2, -0.15) is 5.10 Å². The average molecular weight is 288 g/mol. The number of anilines is 2. The van der Waals surface area contributed by atoms with E-state index in [-0.39, 0.29) is 0 Å². The van der Waals surface area contributed by atoms with Crippen LogP contribution in [-0.2, 0) is 0 Å². The van der Waals surface area contributed by atoms with Crippen LogP contribution < -0.4 is 5.32 Å². The molecule has 1 aromatic heterocycles. The molecule has 0 fully saturated rings. The van der Waals surface area contributed by atoms with E-state index in [1.54, 1.807) is 0 Å². The Bertz CT molecular complexity index is 660. The number of nitrogens with zero attached hydrogens (tertiary/aromatic N) is 1. The molecule has 0 saturated carbocycles. The van der Waals surface area contributed by atoms with Crippen molar-refractivity contribution in [3.8, 4) is 0 Å². The van der Waals surface area contributed by atoms with Crippen molar-refractivity contribution in [1.82, 2.24) is 10.2 Å². The molecule has 0 bridgehead atoms. The largest absolute Gasteiger partial charge is 0.338 e. The highest BCUT2D eigenvalue weighted by atomic mass is 79.9. The van der Waals surface area contributed by atoms with Gasteiger partial charge in [0, 0.05) is 15.5 Å². The van der Waals surface area contributed by atoms with Gasteiger partial charge in [-0.15, -0.1) is 0 Å². The molecule has 4 heteroatoms. The Labute approximate surface area is 107 Å². The monoisotopic (exact) mass is 287 g/mol. The van der Waals surface area contributed by atoms with Crippen LogP contribution in [0.1, 0.15) is 0 Å². The number of hydrogen-bond acceptors (Lipinski definition) is 2. The average Bonchev–Trinajstić information content (AvgIpc) is 2.73. The number of aromatic amines is 1. The Balaban J connectivity index is 2.00. The Morgan fingerprint density at radius 1 is 1.06 bits per heavy atom. The molecule has 84 valence electrons. The summed E-state index contributed by atoms with van der Waals surface area (Å²) in [6.07, 6.45) is 0. The molecule has 2 aromatic carbocycles. The molecule has 0 aliphatic rings. The SMILES string of the molecule is Brc1cccc(Nc2n[nH]c3ccccc23)c1. The maximum Gasteiger partial charge on any atom is 0.160 e. The number of hydrogen-bond donors (Lipinski definition) is 2. The number of fused-ring (bicyclic) bond motifs is 1. The second-order valence-corrected chi connectivity index (χ2v) is 4.67. The molecule has 0 aliphatic carbocycles. The topological polar surface area (TPSA) is 40.7 Å². The molecular weight excluding hydrogens is 278 g/mol. The first-order valence-corrected chi connectivity index (χ1v) is 6.08. The van der Waals surface area contributed by atoms with E-state index >= 15 is 0 Å². The van der Waals surface area contributed by atoms with Crippen LogP contribution in [0.25, 0.3) is 10.9 Å². The zero-order valence-electron chi connectivity index (χ0n) is 8.94. The molecule has 3 rings (SSSR count). The highest BCUT2D eigenvalue weighted by Gasteiger charge is 2.04. The number of H-pyrrole nitrogens is 1. The van der Waals surface area contributed by atoms with Gasteiger partial charge in [0.2, 0.25) is 0 Å². The molecule has 0 saturated heterocycles. The molecule has 17 heavy (non-hydrogen) atoms. The van der Waals surface area contributed by atoms with Crippen molar-refractivity contribution in [2.24, 2.45) is 0 Å². The first-order valence-electron chi connectivity index (χ1n) is 5.28. The summed E-state index contributed by atoms with van der Waals surface area (Å²) in [7, 11) is 0. The first-order chi connectivity index (χ1) is 8.33. The maximum absolute atomic E-state index is 4.27. The van der Waals surface area contributed by atoms with Crippen LogP contribution in [0.15, 0.2) is 53.0 Å². The van der Waals surface area contributed by atoms with E-state index in [1.165, 1.54) is 0 Å². The smallest absolute Gasteiger partial charge is 0.160 e. The third-order valence-corrected chi connectivity index (χ3v) is 3.05. The summed E-state index contributed by atoms with van der Waals surface area (Å²) in [4.78, 5) is 0. The van der Waals surface area contributed by atoms with E-state index < -0.39 is 0 Å². The van der Waals surface area contributed by atoms with E-state index in [2.05, 4.69) is 31.4 Å². The molecule has 1 heterocycles. The molecule has 3 nitrogen and oxygen atoms in total. The lowest BCUT2D eigenvalue weighted by Crippen LogP contribution is -1.90. The van der Waals surface area contributed by atoms with Gasteiger partial charge in [-0.25, -0.2) is 0 Å². The minimum Gasteiger partial charge on any atom is -0.338 e. The van der Waals surface area contributed by atoms with E-state index in [9.17, 15) is 0 Å². The number of rotatable bonds is 2. The van der Waals surface area contributed by atoms with Crippen LogP contribution in [0.4, 0.5) is 11.5 Å². The summed E-state index contributed by atoms with van der Waals surface area (Å²) in [6.45, 7) is 0. The third kappa shape index (κ3) is 2.03. The van der Waals surface area contributed by atoms with Crippen LogP contribution in [0, 0.1) is 0 Å². The summed E-state index contributed by atoms with van der Waals surface area (Å²) in [5.41, 5.74) is 2.04. The van der Waals surface area contributed by atoms with Gasteiger partial charge >= 0.3 is 0 Å². The summed E-state index contributed by atoms with van der Waals surface area (Å²) < 4.78 is 1.04. The van der Waals surface area contributed by atoms with Crippen molar-refractivity contribution >= 4 is 38.3 Å². The molecule has 2 N–H and O–H groups in total. The lowest BCUT2D eigenvalue weighted by atomic mass is 10.2. The minimum absolute atomic E-state index is 0.846. The third-order valence-electron chi connectivity index (χ3n) is 2.56. The Morgan fingerprint density at radius 3 is 2.82 bits per heavy atom. The standard InChI is InChI=1S/C13H10BrN3/c14-9-4-3-5-10(8-9)15-13-11-6-1-2-7-12(11)16-17-13/h1-8H,(H2,15,16,17). The quantitative estimate of drug-likeness (QED) is 0.746. The predicted molar refractivity (Wildman–Crippen MR) is 73.5 cm³/mol. The normalized spacial score (nSPS) is 10.6. The molecule has 0 amide bonds. The molecule has 0 atom stereocenters. The second kappa shape index (κ2) is 4.22. The first kappa shape index (κ1) is 10.4. The predicted octanol–water partition coefficient (Wildman–Crippen LogP) is 4.07. The van der Waals surface area contributed by atoms with E-state index in [0.717, 1.165) is 26.9 Å². The summed E-state index contributed by atoms with van der Waals surface area (Å²) in [6, 6.07) is 16.0. The van der Waals surface area contributed by atoms with Crippen molar-refractivity contribution in [3.63, 3.8) is 0 Å². The van der Waals surface area contributed by atoms with Gasteiger partial charge in [0.05, 0.1) is 5.52 Å². The van der Waals surface area contributed by atoms with Gasteiger partial charge in [-0.3, -0.25) is 5.10 Å². The van der Waals surface area contributed by atoms with Crippen molar-refractivity contribution in [2.45, 2.75) is 0 Å². The highest BCUT2D eigenvalue weighted by Crippen LogP contribution is 2.24. The van der Waals surface area contributed by atoms with Crippen LogP contribution >= 0.6 is 15.9 Å². The van der Waals surface area contributed by atoms with E-state index in [0.29, 0.717) is 0 Å². The summed E-state index contributed by atoms with van der Waals surface area (Å²) in [5, 5.41) is 11.7. The van der Waals surface area contributed by atoms with Crippen molar-refractivity contribution < 1.29 is 0 Å². The molecule has 0 spiro atoms. The molecule has 3 aromatic rings. The minimum atomic E-state index is 0.846. The lowest BCUT2D eigenvalue weighted by Gasteiger charge is -2.03. The lowest BCUT2D eigenvalue weighted by molar-refractivity contribution is 1.12. The number of aromatic nitrogens is 2. The van der Waals surface area contributed by atoms with Crippen LogP contribution in [0.5, 0.6) is 0 Å². The van der Waals surface area contributed by atoms with Crippen molar-refractivity contribution in [3.05, 3.63) is 53.0 Å². The number of halogens is 1.